The number of halogens is 1. The highest BCUT2D eigenvalue weighted by Gasteiger charge is 2.29. The molecule has 0 aliphatic carbocycles. The van der Waals surface area contributed by atoms with Gasteiger partial charge in [0.05, 0.1) is 24.2 Å². The van der Waals surface area contributed by atoms with E-state index in [-0.39, 0.29) is 11.9 Å². The Bertz CT molecular complexity index is 1760. The lowest BCUT2D eigenvalue weighted by molar-refractivity contribution is -0.144. The third-order valence-corrected chi connectivity index (χ3v) is 10.6. The van der Waals surface area contributed by atoms with E-state index in [1.54, 1.807) is 11.8 Å². The minimum atomic E-state index is -0.170. The first-order valence-corrected chi connectivity index (χ1v) is 17.2. The van der Waals surface area contributed by atoms with Crippen molar-refractivity contribution in [1.82, 2.24) is 9.55 Å². The number of ether oxygens (including phenoxy) is 2. The van der Waals surface area contributed by atoms with Gasteiger partial charge in [-0.25, -0.2) is 0 Å². The number of esters is 1. The van der Waals surface area contributed by atoms with Gasteiger partial charge in [0.15, 0.2) is 0 Å². The highest BCUT2D eigenvalue weighted by atomic mass is 35.5. The van der Waals surface area contributed by atoms with Crippen LogP contribution in [0.1, 0.15) is 36.4 Å². The van der Waals surface area contributed by atoms with Crippen molar-refractivity contribution in [3.05, 3.63) is 113 Å². The Morgan fingerprint density at radius 2 is 1.86 bits per heavy atom. The van der Waals surface area contributed by atoms with E-state index in [1.165, 1.54) is 39.7 Å². The normalized spacial score (nSPS) is 14.9. The average Bonchev–Trinajstić information content (AvgIpc) is 3.34. The van der Waals surface area contributed by atoms with E-state index in [9.17, 15) is 4.79 Å². The second-order valence-electron chi connectivity index (χ2n) is 11.2. The molecule has 0 saturated heterocycles. The molecule has 1 aliphatic heterocycles. The summed E-state index contributed by atoms with van der Waals surface area (Å²) in [6, 6.07) is 26.8. The number of nitrogens with zero attached hydrogens (tertiary/aromatic N) is 2. The fourth-order valence-corrected chi connectivity index (χ4v) is 8.30. The molecule has 5 nitrogen and oxygen atoms in total. The largest absolute Gasteiger partial charge is 0.487 e. The zero-order valence-electron chi connectivity index (χ0n) is 25.1. The quantitative estimate of drug-likeness (QED) is 0.134. The van der Waals surface area contributed by atoms with Crippen LogP contribution in [0.5, 0.6) is 5.75 Å². The summed E-state index contributed by atoms with van der Waals surface area (Å²) in [6.45, 7) is 5.36. The molecule has 1 aliphatic rings. The van der Waals surface area contributed by atoms with Crippen molar-refractivity contribution in [2.24, 2.45) is 5.92 Å². The topological polar surface area (TPSA) is 53.4 Å². The zero-order valence-corrected chi connectivity index (χ0v) is 27.5. The number of methoxy groups -OCH3 is 1. The Morgan fingerprint density at radius 3 is 2.59 bits per heavy atom. The van der Waals surface area contributed by atoms with Crippen molar-refractivity contribution >= 4 is 52.0 Å². The molecular formula is C36H35ClN2O3S2. The Kier molecular flexibility index (Phi) is 9.55. The van der Waals surface area contributed by atoms with Crippen LogP contribution in [0.2, 0.25) is 5.02 Å². The maximum absolute atomic E-state index is 12.1. The van der Waals surface area contributed by atoms with Crippen molar-refractivity contribution in [2.75, 3.05) is 12.9 Å². The Balaban J connectivity index is 1.31. The van der Waals surface area contributed by atoms with E-state index in [1.807, 2.05) is 61.3 Å². The van der Waals surface area contributed by atoms with Gasteiger partial charge >= 0.3 is 5.97 Å². The monoisotopic (exact) mass is 642 g/mol. The predicted molar refractivity (Wildman–Crippen MR) is 183 cm³/mol. The highest BCUT2D eigenvalue weighted by Crippen LogP contribution is 2.48. The standard InChI is InChI=1S/C36H35ClN2O3S2/c1-23(36(40)41-3)21-43-22-32-35-34-30(17-24(2)44-35)33(16-15-31(34)39(32)19-25-9-12-28(37)13-10-25)42-20-29-14-11-27(18-38-29)26-7-5-4-6-8-26/h4-16,18,23-24H,17,19-22H2,1-3H3. The number of thioether (sulfide) groups is 2. The van der Waals surface area contributed by atoms with Crippen LogP contribution >= 0.6 is 35.1 Å². The van der Waals surface area contributed by atoms with Crippen LogP contribution in [0.15, 0.2) is 90.0 Å². The van der Waals surface area contributed by atoms with Gasteiger partial charge in [-0.05, 0) is 47.9 Å². The maximum Gasteiger partial charge on any atom is 0.309 e. The second-order valence-corrected chi connectivity index (χ2v) is 14.1. The summed E-state index contributed by atoms with van der Waals surface area (Å²) in [5.74, 6) is 2.09. The molecule has 0 amide bonds. The second kappa shape index (κ2) is 13.7. The molecule has 44 heavy (non-hydrogen) atoms. The van der Waals surface area contributed by atoms with E-state index in [0.717, 1.165) is 46.3 Å². The Morgan fingerprint density at radius 1 is 1.07 bits per heavy atom. The minimum absolute atomic E-state index is 0.159. The Hall–Kier alpha value is -3.39. The summed E-state index contributed by atoms with van der Waals surface area (Å²) < 4.78 is 13.9. The average molecular weight is 643 g/mol. The minimum Gasteiger partial charge on any atom is -0.487 e. The molecule has 0 radical (unpaired) electrons. The van der Waals surface area contributed by atoms with Crippen molar-refractivity contribution in [1.29, 1.82) is 0 Å². The van der Waals surface area contributed by atoms with E-state index >= 15 is 0 Å². The van der Waals surface area contributed by atoms with E-state index in [2.05, 4.69) is 54.0 Å². The Labute approximate surface area is 272 Å². The number of carbonyl (C=O) groups is 1. The summed E-state index contributed by atoms with van der Waals surface area (Å²) >= 11 is 9.92. The van der Waals surface area contributed by atoms with Gasteiger partial charge < -0.3 is 14.0 Å². The molecule has 8 heteroatoms. The van der Waals surface area contributed by atoms with Crippen LogP contribution in [0.4, 0.5) is 0 Å². The van der Waals surface area contributed by atoms with E-state index in [4.69, 9.17) is 26.1 Å². The zero-order chi connectivity index (χ0) is 30.6. The van der Waals surface area contributed by atoms with Crippen LogP contribution < -0.4 is 4.74 Å². The predicted octanol–water partition coefficient (Wildman–Crippen LogP) is 9.06. The summed E-state index contributed by atoms with van der Waals surface area (Å²) in [6.07, 6.45) is 2.85. The lowest BCUT2D eigenvalue weighted by Gasteiger charge is -2.22. The van der Waals surface area contributed by atoms with Crippen LogP contribution in [0.3, 0.4) is 0 Å². The number of carbonyl (C=O) groups excluding carboxylic acids is 1. The molecular weight excluding hydrogens is 608 g/mol. The fraction of sp³-hybridized carbons (Fsp3) is 0.278. The number of benzene rings is 3. The molecule has 5 aromatic rings. The van der Waals surface area contributed by atoms with E-state index in [0.29, 0.717) is 17.6 Å². The molecule has 2 unspecified atom stereocenters. The number of hydrogen-bond donors (Lipinski definition) is 0. The van der Waals surface area contributed by atoms with Crippen molar-refractivity contribution in [3.63, 3.8) is 0 Å². The number of aromatic nitrogens is 2. The molecule has 2 aromatic heterocycles. The molecule has 6 rings (SSSR count). The van der Waals surface area contributed by atoms with Crippen LogP contribution in [0.25, 0.3) is 22.0 Å². The molecule has 226 valence electrons. The third-order valence-electron chi connectivity index (χ3n) is 7.94. The molecule has 0 saturated carbocycles. The summed E-state index contributed by atoms with van der Waals surface area (Å²) in [7, 11) is 1.45. The molecule has 3 heterocycles. The molecule has 2 atom stereocenters. The van der Waals surface area contributed by atoms with Gasteiger partial charge in [-0.2, -0.15) is 11.8 Å². The molecule has 0 fully saturated rings. The number of hydrogen-bond acceptors (Lipinski definition) is 6. The lowest BCUT2D eigenvalue weighted by Crippen LogP contribution is -2.15. The van der Waals surface area contributed by atoms with Crippen molar-refractivity contribution in [2.45, 2.75) is 49.3 Å². The fourth-order valence-electron chi connectivity index (χ4n) is 5.66. The van der Waals surface area contributed by atoms with Gasteiger partial charge in [0.25, 0.3) is 0 Å². The van der Waals surface area contributed by atoms with Gasteiger partial charge in [0.2, 0.25) is 0 Å². The molecule has 3 aromatic carbocycles. The molecule has 0 bridgehead atoms. The first-order valence-electron chi connectivity index (χ1n) is 14.8. The third kappa shape index (κ3) is 6.65. The molecule has 0 N–H and O–H groups in total. The highest BCUT2D eigenvalue weighted by molar-refractivity contribution is 8.00. The van der Waals surface area contributed by atoms with Gasteiger partial charge in [-0.3, -0.25) is 9.78 Å². The SMILES string of the molecule is COC(=O)C(C)CSCc1c2c3c(c(OCc4ccc(-c5ccccc5)cn4)ccc3n1Cc1ccc(Cl)cc1)CC(C)S2. The number of pyridine rings is 1. The van der Waals surface area contributed by atoms with Gasteiger partial charge in [-0.1, -0.05) is 74.0 Å². The summed E-state index contributed by atoms with van der Waals surface area (Å²) in [5.41, 5.74) is 8.08. The van der Waals surface area contributed by atoms with Crippen LogP contribution in [-0.2, 0) is 34.9 Å². The number of rotatable bonds is 11. The van der Waals surface area contributed by atoms with Gasteiger partial charge in [0, 0.05) is 61.6 Å². The van der Waals surface area contributed by atoms with Gasteiger partial charge in [0.1, 0.15) is 12.4 Å². The summed E-state index contributed by atoms with van der Waals surface area (Å²) in [4.78, 5) is 18.1. The van der Waals surface area contributed by atoms with Gasteiger partial charge in [-0.15, -0.1) is 11.8 Å². The van der Waals surface area contributed by atoms with Crippen LogP contribution in [-0.4, -0.2) is 33.6 Å². The summed E-state index contributed by atoms with van der Waals surface area (Å²) in [5, 5.41) is 2.42. The van der Waals surface area contributed by atoms with Crippen LogP contribution in [0, 0.1) is 5.92 Å². The lowest BCUT2D eigenvalue weighted by atomic mass is 10.0. The van der Waals surface area contributed by atoms with Crippen molar-refractivity contribution in [3.8, 4) is 16.9 Å². The molecule has 0 spiro atoms. The maximum atomic E-state index is 12.1. The van der Waals surface area contributed by atoms with Crippen molar-refractivity contribution < 1.29 is 14.3 Å². The first kappa shape index (κ1) is 30.6. The first-order chi connectivity index (χ1) is 21.4. The van der Waals surface area contributed by atoms with E-state index < -0.39 is 0 Å². The smallest absolute Gasteiger partial charge is 0.309 e.